The summed E-state index contributed by atoms with van der Waals surface area (Å²) >= 11 is 0. The predicted octanol–water partition coefficient (Wildman–Crippen LogP) is 1.43. The highest BCUT2D eigenvalue weighted by Crippen LogP contribution is 2.20. The molecule has 0 aliphatic carbocycles. The number of nitrogens with zero attached hydrogens (tertiary/aromatic N) is 5. The zero-order valence-electron chi connectivity index (χ0n) is 15.4. The van der Waals surface area contributed by atoms with E-state index in [0.717, 1.165) is 30.2 Å². The van der Waals surface area contributed by atoms with Crippen LogP contribution in [0.1, 0.15) is 28.2 Å². The summed E-state index contributed by atoms with van der Waals surface area (Å²) in [4.78, 5) is 29.5. The van der Waals surface area contributed by atoms with Gasteiger partial charge in [-0.15, -0.1) is 0 Å². The van der Waals surface area contributed by atoms with Crippen molar-refractivity contribution in [2.24, 2.45) is 0 Å². The fourth-order valence-corrected chi connectivity index (χ4v) is 3.19. The third-order valence-electron chi connectivity index (χ3n) is 4.35. The molecule has 1 amide bonds. The first kappa shape index (κ1) is 17.9. The Morgan fingerprint density at radius 2 is 1.77 bits per heavy atom. The number of hydrogen-bond donors (Lipinski definition) is 1. The Hall–Kier alpha value is -2.90. The van der Waals surface area contributed by atoms with E-state index < -0.39 is 0 Å². The molecular formula is C18H24N6O2. The maximum Gasteiger partial charge on any atom is 0.254 e. The Bertz CT molecular complexity index is 790. The molecule has 138 valence electrons. The molecule has 0 saturated carbocycles. The number of carbonyl (C=O) groups is 1. The zero-order chi connectivity index (χ0) is 18.7. The van der Waals surface area contributed by atoms with Crippen LogP contribution in [0.15, 0.2) is 18.2 Å². The molecule has 1 fully saturated rings. The number of carbonyl (C=O) groups excluding carboxylic acids is 1. The van der Waals surface area contributed by atoms with Crippen LogP contribution in [-0.2, 0) is 0 Å². The van der Waals surface area contributed by atoms with Crippen molar-refractivity contribution in [1.29, 1.82) is 0 Å². The molecule has 0 spiro atoms. The van der Waals surface area contributed by atoms with E-state index in [0.29, 0.717) is 31.1 Å². The van der Waals surface area contributed by atoms with Gasteiger partial charge in [0.25, 0.3) is 5.91 Å². The topological polar surface area (TPSA) is 97.5 Å². The number of nitrogen functional groups attached to an aromatic ring is 1. The Kier molecular flexibility index (Phi) is 5.20. The molecule has 8 nitrogen and oxygen atoms in total. The molecular weight excluding hydrogens is 332 g/mol. The Balaban J connectivity index is 1.74. The van der Waals surface area contributed by atoms with E-state index in [1.165, 1.54) is 0 Å². The number of aromatic nitrogens is 3. The van der Waals surface area contributed by atoms with E-state index in [2.05, 4.69) is 19.9 Å². The first-order valence-electron chi connectivity index (χ1n) is 8.64. The first-order chi connectivity index (χ1) is 12.5. The van der Waals surface area contributed by atoms with Gasteiger partial charge in [0.15, 0.2) is 0 Å². The van der Waals surface area contributed by atoms with Crippen LogP contribution in [0, 0.1) is 13.8 Å². The lowest BCUT2D eigenvalue weighted by atomic mass is 10.1. The summed E-state index contributed by atoms with van der Waals surface area (Å²) in [7, 11) is 1.55. The van der Waals surface area contributed by atoms with E-state index in [4.69, 9.17) is 10.5 Å². The summed E-state index contributed by atoms with van der Waals surface area (Å²) in [5.74, 6) is 1.38. The number of rotatable bonds is 3. The highest BCUT2D eigenvalue weighted by Gasteiger charge is 2.22. The van der Waals surface area contributed by atoms with E-state index >= 15 is 0 Å². The van der Waals surface area contributed by atoms with Crippen molar-refractivity contribution in [3.05, 3.63) is 35.2 Å². The molecule has 1 aliphatic rings. The molecule has 1 aliphatic heterocycles. The van der Waals surface area contributed by atoms with Crippen molar-refractivity contribution in [2.75, 3.05) is 43.9 Å². The lowest BCUT2D eigenvalue weighted by Crippen LogP contribution is -2.35. The van der Waals surface area contributed by atoms with Crippen LogP contribution in [0.3, 0.4) is 0 Å². The fourth-order valence-electron chi connectivity index (χ4n) is 3.19. The predicted molar refractivity (Wildman–Crippen MR) is 99.4 cm³/mol. The van der Waals surface area contributed by atoms with E-state index in [1.807, 2.05) is 30.9 Å². The monoisotopic (exact) mass is 356 g/mol. The van der Waals surface area contributed by atoms with Crippen LogP contribution in [0.5, 0.6) is 5.88 Å². The number of ether oxygens (including phenoxy) is 1. The van der Waals surface area contributed by atoms with E-state index in [1.54, 1.807) is 13.2 Å². The zero-order valence-corrected chi connectivity index (χ0v) is 15.4. The second-order valence-electron chi connectivity index (χ2n) is 6.40. The smallest absolute Gasteiger partial charge is 0.254 e. The molecule has 0 unspecified atom stereocenters. The van der Waals surface area contributed by atoms with Gasteiger partial charge in [-0.3, -0.25) is 9.78 Å². The summed E-state index contributed by atoms with van der Waals surface area (Å²) in [6.45, 7) is 6.59. The van der Waals surface area contributed by atoms with Crippen molar-refractivity contribution in [3.8, 4) is 5.88 Å². The average molecular weight is 356 g/mol. The van der Waals surface area contributed by atoms with Gasteiger partial charge in [0, 0.05) is 49.2 Å². The molecule has 0 aromatic carbocycles. The number of hydrogen-bond acceptors (Lipinski definition) is 7. The second kappa shape index (κ2) is 7.55. The minimum atomic E-state index is 0.0419. The quantitative estimate of drug-likeness (QED) is 0.888. The van der Waals surface area contributed by atoms with Gasteiger partial charge >= 0.3 is 0 Å². The third-order valence-corrected chi connectivity index (χ3v) is 4.35. The fraction of sp³-hybridized carbons (Fsp3) is 0.444. The standard InChI is InChI=1S/C18H24N6O2/c1-12-9-14(10-13(2)20-12)17(25)24-6-4-5-23(7-8-24)15-11-16(26-3)22-18(19)21-15/h9-11H,4-8H2,1-3H3,(H2,19,21,22). The van der Waals surface area contributed by atoms with Crippen molar-refractivity contribution >= 4 is 17.7 Å². The van der Waals surface area contributed by atoms with Crippen molar-refractivity contribution in [2.45, 2.75) is 20.3 Å². The number of amides is 1. The molecule has 26 heavy (non-hydrogen) atoms. The molecule has 2 N–H and O–H groups in total. The van der Waals surface area contributed by atoms with Crippen molar-refractivity contribution < 1.29 is 9.53 Å². The highest BCUT2D eigenvalue weighted by molar-refractivity contribution is 5.94. The van der Waals surface area contributed by atoms with Gasteiger partial charge in [0.1, 0.15) is 5.82 Å². The molecule has 3 heterocycles. The maximum atomic E-state index is 12.9. The van der Waals surface area contributed by atoms with Gasteiger partial charge in [-0.25, -0.2) is 0 Å². The molecule has 2 aromatic rings. The van der Waals surface area contributed by atoms with Gasteiger partial charge in [0.2, 0.25) is 11.8 Å². The first-order valence-corrected chi connectivity index (χ1v) is 8.64. The summed E-state index contributed by atoms with van der Waals surface area (Å²) in [5, 5.41) is 0. The van der Waals surface area contributed by atoms with Gasteiger partial charge in [0.05, 0.1) is 7.11 Å². The minimum Gasteiger partial charge on any atom is -0.481 e. The van der Waals surface area contributed by atoms with Crippen LogP contribution in [0.4, 0.5) is 11.8 Å². The summed E-state index contributed by atoms with van der Waals surface area (Å²) < 4.78 is 5.17. The van der Waals surface area contributed by atoms with Gasteiger partial charge in [-0.05, 0) is 32.4 Å². The van der Waals surface area contributed by atoms with Gasteiger partial charge < -0.3 is 20.3 Å². The van der Waals surface area contributed by atoms with Gasteiger partial charge in [-0.1, -0.05) is 0 Å². The molecule has 2 aromatic heterocycles. The average Bonchev–Trinajstić information content (AvgIpc) is 2.85. The second-order valence-corrected chi connectivity index (χ2v) is 6.40. The van der Waals surface area contributed by atoms with Crippen LogP contribution in [0.25, 0.3) is 0 Å². The van der Waals surface area contributed by atoms with Crippen LogP contribution < -0.4 is 15.4 Å². The third kappa shape index (κ3) is 4.01. The lowest BCUT2D eigenvalue weighted by molar-refractivity contribution is 0.0766. The Labute approximate surface area is 153 Å². The SMILES string of the molecule is COc1cc(N2CCCN(C(=O)c3cc(C)nc(C)c3)CC2)nc(N)n1. The molecule has 8 heteroatoms. The number of methoxy groups -OCH3 is 1. The van der Waals surface area contributed by atoms with Crippen LogP contribution in [0.2, 0.25) is 0 Å². The lowest BCUT2D eigenvalue weighted by Gasteiger charge is -2.23. The number of pyridine rings is 1. The van der Waals surface area contributed by atoms with Crippen LogP contribution >= 0.6 is 0 Å². The maximum absolute atomic E-state index is 12.9. The minimum absolute atomic E-state index is 0.0419. The molecule has 0 bridgehead atoms. The highest BCUT2D eigenvalue weighted by atomic mass is 16.5. The molecule has 1 saturated heterocycles. The molecule has 0 radical (unpaired) electrons. The summed E-state index contributed by atoms with van der Waals surface area (Å²) in [6.07, 6.45) is 0.848. The molecule has 3 rings (SSSR count). The Morgan fingerprint density at radius 1 is 1.04 bits per heavy atom. The normalized spacial score (nSPS) is 14.9. The van der Waals surface area contributed by atoms with Crippen molar-refractivity contribution in [1.82, 2.24) is 19.9 Å². The largest absolute Gasteiger partial charge is 0.481 e. The number of aryl methyl sites for hydroxylation is 2. The summed E-state index contributed by atoms with van der Waals surface area (Å²) in [6, 6.07) is 5.45. The van der Waals surface area contributed by atoms with E-state index in [9.17, 15) is 4.79 Å². The van der Waals surface area contributed by atoms with Gasteiger partial charge in [-0.2, -0.15) is 9.97 Å². The number of nitrogens with two attached hydrogens (primary N) is 1. The summed E-state index contributed by atoms with van der Waals surface area (Å²) in [5.41, 5.74) is 8.16. The Morgan fingerprint density at radius 3 is 2.46 bits per heavy atom. The van der Waals surface area contributed by atoms with Crippen LogP contribution in [-0.4, -0.2) is 59.0 Å². The van der Waals surface area contributed by atoms with E-state index in [-0.39, 0.29) is 11.9 Å². The number of anilines is 2. The van der Waals surface area contributed by atoms with Crippen molar-refractivity contribution in [3.63, 3.8) is 0 Å². The molecule has 0 atom stereocenters.